The molecule has 50 valence electrons. The zero-order valence-corrected chi connectivity index (χ0v) is 5.20. The van der Waals surface area contributed by atoms with Gasteiger partial charge in [0, 0.05) is 6.54 Å². The van der Waals surface area contributed by atoms with Crippen LogP contribution in [-0.4, -0.2) is 19.5 Å². The summed E-state index contributed by atoms with van der Waals surface area (Å²) in [6.07, 6.45) is 0. The van der Waals surface area contributed by atoms with Gasteiger partial charge in [-0.2, -0.15) is 8.42 Å². The van der Waals surface area contributed by atoms with Crippen molar-refractivity contribution in [2.45, 2.75) is 6.92 Å². The molecule has 0 aliphatic rings. The molecule has 5 nitrogen and oxygen atoms in total. The SMILES string of the molecule is CCNNS(=O)(=O)O. The first-order valence-corrected chi connectivity index (χ1v) is 3.47. The highest BCUT2D eigenvalue weighted by molar-refractivity contribution is 7.83. The molecule has 0 aliphatic carbocycles. The molecule has 0 amide bonds. The molecule has 0 radical (unpaired) electrons. The van der Waals surface area contributed by atoms with Crippen molar-refractivity contribution in [3.63, 3.8) is 0 Å². The molecule has 0 unspecified atom stereocenters. The van der Waals surface area contributed by atoms with E-state index in [1.165, 1.54) is 0 Å². The first-order valence-electron chi connectivity index (χ1n) is 2.03. The Bertz CT molecular complexity index is 139. The lowest BCUT2D eigenvalue weighted by Gasteiger charge is -1.96. The third-order valence-corrected chi connectivity index (χ3v) is 0.780. The van der Waals surface area contributed by atoms with Crippen molar-refractivity contribution >= 4 is 10.3 Å². The van der Waals surface area contributed by atoms with Gasteiger partial charge in [-0.3, -0.25) is 4.55 Å². The van der Waals surface area contributed by atoms with Gasteiger partial charge < -0.3 is 0 Å². The van der Waals surface area contributed by atoms with Gasteiger partial charge in [-0.15, -0.1) is 4.83 Å². The number of hydrazine groups is 1. The Morgan fingerprint density at radius 2 is 2.12 bits per heavy atom. The lowest BCUT2D eigenvalue weighted by atomic mass is 10.8. The summed E-state index contributed by atoms with van der Waals surface area (Å²) in [6, 6.07) is 0. The summed E-state index contributed by atoms with van der Waals surface area (Å²) in [5, 5.41) is 0. The second kappa shape index (κ2) is 2.98. The van der Waals surface area contributed by atoms with Gasteiger partial charge in [-0.25, -0.2) is 5.43 Å². The Hall–Kier alpha value is -0.170. The molecule has 8 heavy (non-hydrogen) atoms. The van der Waals surface area contributed by atoms with Crippen LogP contribution in [0.1, 0.15) is 6.92 Å². The van der Waals surface area contributed by atoms with Gasteiger partial charge in [0.05, 0.1) is 0 Å². The predicted molar refractivity (Wildman–Crippen MR) is 28.4 cm³/mol. The molecule has 0 saturated carbocycles. The van der Waals surface area contributed by atoms with Gasteiger partial charge in [0.2, 0.25) is 0 Å². The van der Waals surface area contributed by atoms with Crippen molar-refractivity contribution in [3.8, 4) is 0 Å². The average Bonchev–Trinajstić information content (AvgIpc) is 1.59. The molecule has 0 bridgehead atoms. The largest absolute Gasteiger partial charge is 0.346 e. The van der Waals surface area contributed by atoms with E-state index in [2.05, 4.69) is 5.43 Å². The second-order valence-electron chi connectivity index (χ2n) is 1.11. The van der Waals surface area contributed by atoms with E-state index in [0.717, 1.165) is 0 Å². The third kappa shape index (κ3) is 5.83. The molecule has 0 saturated heterocycles. The van der Waals surface area contributed by atoms with E-state index in [9.17, 15) is 8.42 Å². The summed E-state index contributed by atoms with van der Waals surface area (Å²) in [6.45, 7) is 2.12. The number of rotatable bonds is 3. The topological polar surface area (TPSA) is 78.4 Å². The molecule has 3 N–H and O–H groups in total. The van der Waals surface area contributed by atoms with Crippen LogP contribution in [0.25, 0.3) is 0 Å². The number of hydrogen-bond acceptors (Lipinski definition) is 3. The normalized spacial score (nSPS) is 11.8. The van der Waals surface area contributed by atoms with Gasteiger partial charge >= 0.3 is 10.3 Å². The molecule has 0 aromatic carbocycles. The van der Waals surface area contributed by atoms with Crippen LogP contribution in [0.15, 0.2) is 0 Å². The Morgan fingerprint density at radius 3 is 2.25 bits per heavy atom. The number of nitrogens with one attached hydrogen (secondary N) is 2. The van der Waals surface area contributed by atoms with E-state index < -0.39 is 10.3 Å². The molecule has 0 rings (SSSR count). The standard InChI is InChI=1S/C2H8N2O3S/c1-2-3-4-8(5,6)7/h3-4H,2H2,1H3,(H,5,6,7). The zero-order valence-electron chi connectivity index (χ0n) is 4.38. The van der Waals surface area contributed by atoms with Crippen LogP contribution in [0, 0.1) is 0 Å². The Kier molecular flexibility index (Phi) is 2.91. The van der Waals surface area contributed by atoms with Gasteiger partial charge in [0.1, 0.15) is 0 Å². The molecular formula is C2H8N2O3S. The molecule has 0 fully saturated rings. The fraction of sp³-hybridized carbons (Fsp3) is 1.00. The van der Waals surface area contributed by atoms with Crippen LogP contribution in [0.4, 0.5) is 0 Å². The molecule has 0 aliphatic heterocycles. The van der Waals surface area contributed by atoms with E-state index in [1.54, 1.807) is 11.8 Å². The monoisotopic (exact) mass is 140 g/mol. The maximum atomic E-state index is 9.77. The van der Waals surface area contributed by atoms with Crippen molar-refractivity contribution in [3.05, 3.63) is 0 Å². The van der Waals surface area contributed by atoms with Crippen molar-refractivity contribution in [2.24, 2.45) is 0 Å². The highest BCUT2D eigenvalue weighted by atomic mass is 32.2. The van der Waals surface area contributed by atoms with Crippen molar-refractivity contribution in [2.75, 3.05) is 6.54 Å². The van der Waals surface area contributed by atoms with Crippen LogP contribution in [-0.2, 0) is 10.3 Å². The fourth-order valence-electron chi connectivity index (χ4n) is 0.163. The second-order valence-corrected chi connectivity index (χ2v) is 2.26. The Morgan fingerprint density at radius 1 is 1.62 bits per heavy atom. The summed E-state index contributed by atoms with van der Waals surface area (Å²) in [5.74, 6) is 0. The summed E-state index contributed by atoms with van der Waals surface area (Å²) in [4.78, 5) is 1.65. The van der Waals surface area contributed by atoms with E-state index in [4.69, 9.17) is 4.55 Å². The smallest absolute Gasteiger partial charge is 0.273 e. The number of hydrogen-bond donors (Lipinski definition) is 3. The van der Waals surface area contributed by atoms with Gasteiger partial charge in [0.15, 0.2) is 0 Å². The van der Waals surface area contributed by atoms with Gasteiger partial charge in [-0.05, 0) is 0 Å². The fourth-order valence-corrected chi connectivity index (χ4v) is 0.490. The van der Waals surface area contributed by atoms with Crippen molar-refractivity contribution in [1.82, 2.24) is 10.3 Å². The average molecular weight is 140 g/mol. The Labute approximate surface area is 47.9 Å². The lowest BCUT2D eigenvalue weighted by molar-refractivity contribution is 0.454. The maximum Gasteiger partial charge on any atom is 0.346 e. The maximum absolute atomic E-state index is 9.77. The summed E-state index contributed by atoms with van der Waals surface area (Å²) < 4.78 is 27.5. The summed E-state index contributed by atoms with van der Waals surface area (Å²) >= 11 is 0. The zero-order chi connectivity index (χ0) is 6.62. The van der Waals surface area contributed by atoms with Crippen LogP contribution >= 0.6 is 0 Å². The summed E-state index contributed by atoms with van der Waals surface area (Å²) in [5.41, 5.74) is 2.20. The van der Waals surface area contributed by atoms with Crippen LogP contribution < -0.4 is 10.3 Å². The quantitative estimate of drug-likeness (QED) is 0.343. The van der Waals surface area contributed by atoms with Gasteiger partial charge in [0.25, 0.3) is 0 Å². The third-order valence-electron chi connectivity index (χ3n) is 0.378. The van der Waals surface area contributed by atoms with Crippen molar-refractivity contribution < 1.29 is 13.0 Å². The lowest BCUT2D eigenvalue weighted by Crippen LogP contribution is -2.36. The van der Waals surface area contributed by atoms with Gasteiger partial charge in [-0.1, -0.05) is 6.92 Å². The van der Waals surface area contributed by atoms with E-state index in [0.29, 0.717) is 6.54 Å². The molecule has 0 atom stereocenters. The molecule has 6 heteroatoms. The molecule has 0 spiro atoms. The minimum Gasteiger partial charge on any atom is -0.273 e. The molecule has 0 aromatic heterocycles. The predicted octanol–water partition coefficient (Wildman–Crippen LogP) is -1.10. The highest BCUT2D eigenvalue weighted by Gasteiger charge is 1.96. The first kappa shape index (κ1) is 7.83. The van der Waals surface area contributed by atoms with E-state index in [1.807, 2.05) is 0 Å². The van der Waals surface area contributed by atoms with Crippen LogP contribution in [0.2, 0.25) is 0 Å². The molecular weight excluding hydrogens is 132 g/mol. The minimum absolute atomic E-state index is 0.430. The molecule has 0 aromatic rings. The van der Waals surface area contributed by atoms with Crippen LogP contribution in [0.3, 0.4) is 0 Å². The minimum atomic E-state index is -4.05. The first-order chi connectivity index (χ1) is 3.56. The summed E-state index contributed by atoms with van der Waals surface area (Å²) in [7, 11) is -4.05. The van der Waals surface area contributed by atoms with Crippen LogP contribution in [0.5, 0.6) is 0 Å². The Balaban J connectivity index is 3.42. The molecule has 0 heterocycles. The highest BCUT2D eigenvalue weighted by Crippen LogP contribution is 1.63. The van der Waals surface area contributed by atoms with E-state index in [-0.39, 0.29) is 0 Å². The van der Waals surface area contributed by atoms with Crippen molar-refractivity contribution in [1.29, 1.82) is 0 Å². The van der Waals surface area contributed by atoms with E-state index >= 15 is 0 Å².